The molecule has 1 aromatic carbocycles. The molecule has 4 nitrogen and oxygen atoms in total. The lowest BCUT2D eigenvalue weighted by Crippen LogP contribution is -2.39. The summed E-state index contributed by atoms with van der Waals surface area (Å²) in [6.45, 7) is 0.202. The molecule has 96 valence electrons. The Morgan fingerprint density at radius 1 is 1.16 bits per heavy atom. The van der Waals surface area contributed by atoms with Gasteiger partial charge >= 0.3 is 0 Å². The zero-order chi connectivity index (χ0) is 13.5. The second-order valence-electron chi connectivity index (χ2n) is 4.61. The maximum atomic E-state index is 12.7. The second-order valence-corrected chi connectivity index (χ2v) is 4.61. The van der Waals surface area contributed by atoms with Gasteiger partial charge in [0.05, 0.1) is 5.69 Å². The Morgan fingerprint density at radius 2 is 1.84 bits per heavy atom. The van der Waals surface area contributed by atoms with E-state index in [4.69, 9.17) is 4.74 Å². The molecule has 19 heavy (non-hydrogen) atoms. The van der Waals surface area contributed by atoms with Gasteiger partial charge in [0.1, 0.15) is 12.1 Å². The second kappa shape index (κ2) is 4.17. The first kappa shape index (κ1) is 11.9. The molecule has 0 fully saturated rings. The summed E-state index contributed by atoms with van der Waals surface area (Å²) < 4.78 is 5.10. The number of allylic oxidation sites excluding steroid dienone is 2. The number of carbonyl (C=O) groups is 2. The molecule has 0 bridgehead atoms. The fraction of sp³-hybridized carbons (Fsp3) is 0.200. The van der Waals surface area contributed by atoms with Crippen molar-refractivity contribution in [3.63, 3.8) is 0 Å². The summed E-state index contributed by atoms with van der Waals surface area (Å²) in [5.74, 6) is -0.184. The number of hydrogen-bond donors (Lipinski definition) is 0. The molecule has 1 amide bonds. The summed E-state index contributed by atoms with van der Waals surface area (Å²) in [5, 5.41) is 0. The smallest absolute Gasteiger partial charge is 0.247 e. The lowest BCUT2D eigenvalue weighted by molar-refractivity contribution is -0.121. The molecule has 1 aromatic rings. The number of rotatable bonds is 2. The van der Waals surface area contributed by atoms with Crippen LogP contribution in [0.3, 0.4) is 0 Å². The third-order valence-electron chi connectivity index (χ3n) is 3.52. The molecule has 1 spiro atoms. The minimum Gasteiger partial charge on any atom is -0.364 e. The van der Waals surface area contributed by atoms with Gasteiger partial charge in [0, 0.05) is 7.11 Å². The van der Waals surface area contributed by atoms with Gasteiger partial charge in [-0.3, -0.25) is 14.5 Å². The first-order valence-corrected chi connectivity index (χ1v) is 6.02. The van der Waals surface area contributed by atoms with Gasteiger partial charge in [0.25, 0.3) is 0 Å². The van der Waals surface area contributed by atoms with Gasteiger partial charge in [0.15, 0.2) is 5.78 Å². The summed E-state index contributed by atoms with van der Waals surface area (Å²) >= 11 is 0. The molecule has 0 radical (unpaired) electrons. The minimum absolute atomic E-state index is 0.0875. The topological polar surface area (TPSA) is 46.6 Å². The van der Waals surface area contributed by atoms with E-state index >= 15 is 0 Å². The number of anilines is 1. The number of fused-ring (bicyclic) bond motifs is 2. The molecule has 2 aliphatic rings. The predicted molar refractivity (Wildman–Crippen MR) is 70.8 cm³/mol. The summed E-state index contributed by atoms with van der Waals surface area (Å²) in [6.07, 6.45) is 6.24. The lowest BCUT2D eigenvalue weighted by atomic mass is 9.78. The Hall–Kier alpha value is -2.20. The third-order valence-corrected chi connectivity index (χ3v) is 3.52. The van der Waals surface area contributed by atoms with Crippen molar-refractivity contribution in [3.05, 3.63) is 54.1 Å². The summed E-state index contributed by atoms with van der Waals surface area (Å²) in [6, 6.07) is 7.57. The predicted octanol–water partition coefficient (Wildman–Crippen LogP) is 1.57. The van der Waals surface area contributed by atoms with E-state index in [1.54, 1.807) is 24.2 Å². The van der Waals surface area contributed by atoms with E-state index in [1.165, 1.54) is 12.2 Å². The average Bonchev–Trinajstić information content (AvgIpc) is 2.66. The maximum Gasteiger partial charge on any atom is 0.247 e. The first-order chi connectivity index (χ1) is 9.19. The molecule has 0 aromatic heterocycles. The van der Waals surface area contributed by atoms with Gasteiger partial charge in [0.2, 0.25) is 5.91 Å². The van der Waals surface area contributed by atoms with Gasteiger partial charge in [-0.05, 0) is 23.8 Å². The molecule has 0 unspecified atom stereocenters. The van der Waals surface area contributed by atoms with Crippen molar-refractivity contribution < 1.29 is 14.3 Å². The molecule has 3 rings (SSSR count). The quantitative estimate of drug-likeness (QED) is 0.806. The number of ketones is 1. The van der Waals surface area contributed by atoms with E-state index in [2.05, 4.69) is 0 Å². The number of amides is 1. The van der Waals surface area contributed by atoms with Crippen molar-refractivity contribution in [1.29, 1.82) is 0 Å². The minimum atomic E-state index is -0.858. The third kappa shape index (κ3) is 1.57. The molecular weight excluding hydrogens is 242 g/mol. The van der Waals surface area contributed by atoms with Crippen molar-refractivity contribution in [1.82, 2.24) is 0 Å². The van der Waals surface area contributed by atoms with Gasteiger partial charge in [-0.15, -0.1) is 0 Å². The van der Waals surface area contributed by atoms with E-state index < -0.39 is 5.41 Å². The number of ether oxygens (including phenoxy) is 1. The molecule has 0 saturated heterocycles. The van der Waals surface area contributed by atoms with Crippen molar-refractivity contribution in [2.75, 3.05) is 18.7 Å². The normalized spacial score (nSPS) is 19.3. The Bertz CT molecular complexity index is 600. The van der Waals surface area contributed by atoms with Crippen LogP contribution in [0.2, 0.25) is 0 Å². The lowest BCUT2D eigenvalue weighted by Gasteiger charge is -2.23. The van der Waals surface area contributed by atoms with Crippen LogP contribution >= 0.6 is 0 Å². The number of carbonyl (C=O) groups excluding carboxylic acids is 2. The van der Waals surface area contributed by atoms with E-state index in [1.807, 2.05) is 24.3 Å². The number of para-hydroxylation sites is 1. The van der Waals surface area contributed by atoms with Crippen LogP contribution in [0.25, 0.3) is 0 Å². The van der Waals surface area contributed by atoms with Crippen LogP contribution in [0.15, 0.2) is 48.6 Å². The van der Waals surface area contributed by atoms with Crippen LogP contribution in [0.4, 0.5) is 5.69 Å². The Balaban J connectivity index is 2.18. The fourth-order valence-corrected chi connectivity index (χ4v) is 2.62. The fourth-order valence-electron chi connectivity index (χ4n) is 2.62. The summed E-state index contributed by atoms with van der Waals surface area (Å²) in [5.41, 5.74) is 0.860. The molecule has 1 heterocycles. The standard InChI is InChI=1S/C15H13NO3/c1-19-10-16-13-5-3-2-4-12(13)15(14(16)18)8-6-11(17)7-9-15/h2-9H,10H2,1H3. The number of hydrogen-bond acceptors (Lipinski definition) is 3. The highest BCUT2D eigenvalue weighted by Crippen LogP contribution is 2.44. The molecule has 4 heteroatoms. The first-order valence-electron chi connectivity index (χ1n) is 6.02. The van der Waals surface area contributed by atoms with Crippen molar-refractivity contribution in [3.8, 4) is 0 Å². The van der Waals surface area contributed by atoms with Gasteiger partial charge < -0.3 is 4.74 Å². The highest BCUT2D eigenvalue weighted by molar-refractivity contribution is 6.14. The average molecular weight is 255 g/mol. The van der Waals surface area contributed by atoms with E-state index in [-0.39, 0.29) is 18.4 Å². The molecule has 0 N–H and O–H groups in total. The van der Waals surface area contributed by atoms with Crippen LogP contribution in [-0.4, -0.2) is 25.5 Å². The SMILES string of the molecule is COCN1C(=O)C2(C=CC(=O)C=C2)c2ccccc21. The molecule has 0 atom stereocenters. The van der Waals surface area contributed by atoms with Gasteiger partial charge in [-0.2, -0.15) is 0 Å². The number of methoxy groups -OCH3 is 1. The highest BCUT2D eigenvalue weighted by Gasteiger charge is 2.48. The van der Waals surface area contributed by atoms with Crippen LogP contribution in [-0.2, 0) is 19.7 Å². The summed E-state index contributed by atoms with van der Waals surface area (Å²) in [4.78, 5) is 25.6. The largest absolute Gasteiger partial charge is 0.364 e. The van der Waals surface area contributed by atoms with Crippen LogP contribution in [0, 0.1) is 0 Å². The number of nitrogens with zero attached hydrogens (tertiary/aromatic N) is 1. The van der Waals surface area contributed by atoms with E-state index in [0.29, 0.717) is 0 Å². The molecular formula is C15H13NO3. The van der Waals surface area contributed by atoms with Crippen molar-refractivity contribution in [2.24, 2.45) is 0 Å². The Kier molecular flexibility index (Phi) is 2.61. The molecule has 0 saturated carbocycles. The summed E-state index contributed by atoms with van der Waals surface area (Å²) in [7, 11) is 1.55. The number of benzene rings is 1. The van der Waals surface area contributed by atoms with Crippen LogP contribution in [0.5, 0.6) is 0 Å². The Morgan fingerprint density at radius 3 is 2.53 bits per heavy atom. The monoisotopic (exact) mass is 255 g/mol. The van der Waals surface area contributed by atoms with Crippen LogP contribution in [0.1, 0.15) is 5.56 Å². The van der Waals surface area contributed by atoms with Crippen molar-refractivity contribution in [2.45, 2.75) is 5.41 Å². The van der Waals surface area contributed by atoms with Gasteiger partial charge in [-0.25, -0.2) is 0 Å². The maximum absolute atomic E-state index is 12.7. The van der Waals surface area contributed by atoms with E-state index in [9.17, 15) is 9.59 Å². The molecule has 1 aliphatic carbocycles. The van der Waals surface area contributed by atoms with Gasteiger partial charge in [-0.1, -0.05) is 30.4 Å². The zero-order valence-electron chi connectivity index (χ0n) is 10.5. The highest BCUT2D eigenvalue weighted by atomic mass is 16.5. The van der Waals surface area contributed by atoms with Crippen LogP contribution < -0.4 is 4.90 Å². The zero-order valence-corrected chi connectivity index (χ0v) is 10.5. The van der Waals surface area contributed by atoms with Crippen molar-refractivity contribution >= 4 is 17.4 Å². The van der Waals surface area contributed by atoms with E-state index in [0.717, 1.165) is 11.3 Å². The molecule has 1 aliphatic heterocycles. The Labute approximate surface area is 111 Å².